The maximum absolute atomic E-state index is 13.8. The minimum absolute atomic E-state index is 0.221. The summed E-state index contributed by atoms with van der Waals surface area (Å²) in [5, 5.41) is 3.13. The lowest BCUT2D eigenvalue weighted by Gasteiger charge is -2.16. The molecule has 0 aliphatic heterocycles. The molecule has 5 heteroatoms. The average Bonchev–Trinajstić information content (AvgIpc) is 2.91. The molecule has 0 spiro atoms. The number of hydrogen-bond donors (Lipinski definition) is 2. The molecule has 2 nitrogen and oxygen atoms in total. The Labute approximate surface area is 125 Å². The van der Waals surface area contributed by atoms with Crippen LogP contribution in [0.2, 0.25) is 0 Å². The zero-order chi connectivity index (χ0) is 14.8. The van der Waals surface area contributed by atoms with Crippen molar-refractivity contribution in [2.75, 3.05) is 0 Å². The Kier molecular flexibility index (Phi) is 3.96. The normalized spacial score (nSPS) is 12.7. The summed E-state index contributed by atoms with van der Waals surface area (Å²) < 4.78 is 27.9. The minimum Gasteiger partial charge on any atom is -0.271 e. The van der Waals surface area contributed by atoms with Crippen LogP contribution in [0.25, 0.3) is 10.1 Å². The molecular formula is C16H14F2N2S. The molecule has 0 radical (unpaired) electrons. The summed E-state index contributed by atoms with van der Waals surface area (Å²) in [6.07, 6.45) is 0.364. The van der Waals surface area contributed by atoms with Gasteiger partial charge < -0.3 is 0 Å². The fourth-order valence-corrected chi connectivity index (χ4v) is 3.45. The first-order valence-electron chi connectivity index (χ1n) is 6.55. The van der Waals surface area contributed by atoms with Crippen molar-refractivity contribution >= 4 is 21.4 Å². The van der Waals surface area contributed by atoms with Gasteiger partial charge >= 0.3 is 0 Å². The molecular weight excluding hydrogens is 290 g/mol. The van der Waals surface area contributed by atoms with E-state index in [1.807, 2.05) is 29.6 Å². The lowest BCUT2D eigenvalue weighted by Crippen LogP contribution is -2.29. The minimum atomic E-state index is -0.575. The number of nitrogens with two attached hydrogens (primary N) is 1. The van der Waals surface area contributed by atoms with Crippen LogP contribution in [0.1, 0.15) is 17.2 Å². The number of hydrazine groups is 1. The molecule has 0 amide bonds. The van der Waals surface area contributed by atoms with Gasteiger partial charge in [-0.15, -0.1) is 11.3 Å². The van der Waals surface area contributed by atoms with E-state index in [2.05, 4.69) is 5.43 Å². The highest BCUT2D eigenvalue weighted by atomic mass is 32.1. The van der Waals surface area contributed by atoms with E-state index in [1.165, 1.54) is 12.1 Å². The van der Waals surface area contributed by atoms with Gasteiger partial charge in [0.15, 0.2) is 0 Å². The number of thiophene rings is 1. The van der Waals surface area contributed by atoms with Gasteiger partial charge in [0.25, 0.3) is 0 Å². The molecule has 108 valence electrons. The summed E-state index contributed by atoms with van der Waals surface area (Å²) in [6, 6.07) is 11.4. The Balaban J connectivity index is 1.95. The van der Waals surface area contributed by atoms with Gasteiger partial charge in [-0.05, 0) is 40.4 Å². The number of halogens is 2. The van der Waals surface area contributed by atoms with Gasteiger partial charge in [0.2, 0.25) is 0 Å². The first-order valence-corrected chi connectivity index (χ1v) is 7.43. The van der Waals surface area contributed by atoms with E-state index in [9.17, 15) is 8.78 Å². The number of fused-ring (bicyclic) bond motifs is 1. The lowest BCUT2D eigenvalue weighted by atomic mass is 9.98. The van der Waals surface area contributed by atoms with Gasteiger partial charge in [0.05, 0.1) is 6.04 Å². The standard InChI is InChI=1S/C16H14F2N2S/c17-11-6-5-10(14(18)8-11)7-15(20-19)13-9-21-16-4-2-1-3-12(13)16/h1-6,8-9,15,20H,7,19H2. The van der Waals surface area contributed by atoms with Gasteiger partial charge in [-0.1, -0.05) is 24.3 Å². The highest BCUT2D eigenvalue weighted by Gasteiger charge is 2.17. The van der Waals surface area contributed by atoms with Crippen LogP contribution in [0.5, 0.6) is 0 Å². The van der Waals surface area contributed by atoms with Crippen molar-refractivity contribution < 1.29 is 8.78 Å². The van der Waals surface area contributed by atoms with E-state index in [1.54, 1.807) is 11.3 Å². The number of nitrogens with one attached hydrogen (secondary N) is 1. The third-order valence-corrected chi connectivity index (χ3v) is 4.51. The zero-order valence-corrected chi connectivity index (χ0v) is 12.0. The Bertz CT molecular complexity index is 770. The van der Waals surface area contributed by atoms with E-state index in [-0.39, 0.29) is 6.04 Å². The molecule has 1 unspecified atom stereocenters. The van der Waals surface area contributed by atoms with Gasteiger partial charge in [-0.2, -0.15) is 0 Å². The molecule has 3 aromatic rings. The average molecular weight is 304 g/mol. The SMILES string of the molecule is NNC(Cc1ccc(F)cc1F)c1csc2ccccc12. The summed E-state index contributed by atoms with van der Waals surface area (Å²) in [7, 11) is 0. The molecule has 0 aliphatic rings. The Morgan fingerprint density at radius 1 is 1.14 bits per heavy atom. The molecule has 0 bridgehead atoms. The predicted octanol–water partition coefficient (Wildman–Crippen LogP) is 3.93. The molecule has 0 saturated carbocycles. The Hall–Kier alpha value is -1.82. The highest BCUT2D eigenvalue weighted by molar-refractivity contribution is 7.17. The maximum Gasteiger partial charge on any atom is 0.129 e. The van der Waals surface area contributed by atoms with Crippen LogP contribution in [0, 0.1) is 11.6 Å². The fraction of sp³-hybridized carbons (Fsp3) is 0.125. The van der Waals surface area contributed by atoms with E-state index in [0.717, 1.165) is 21.7 Å². The van der Waals surface area contributed by atoms with Crippen LogP contribution in [0.3, 0.4) is 0 Å². The summed E-state index contributed by atoms with van der Waals surface area (Å²) in [4.78, 5) is 0. The second-order valence-corrected chi connectivity index (χ2v) is 5.76. The molecule has 3 N–H and O–H groups in total. The summed E-state index contributed by atoms with van der Waals surface area (Å²) >= 11 is 1.63. The Morgan fingerprint density at radius 2 is 1.95 bits per heavy atom. The van der Waals surface area contributed by atoms with Gasteiger partial charge in [0, 0.05) is 10.8 Å². The van der Waals surface area contributed by atoms with Crippen molar-refractivity contribution in [3.05, 3.63) is 70.6 Å². The van der Waals surface area contributed by atoms with Crippen LogP contribution in [-0.4, -0.2) is 0 Å². The summed E-state index contributed by atoms with van der Waals surface area (Å²) in [6.45, 7) is 0. The maximum atomic E-state index is 13.8. The smallest absolute Gasteiger partial charge is 0.129 e. The van der Waals surface area contributed by atoms with E-state index in [4.69, 9.17) is 5.84 Å². The second-order valence-electron chi connectivity index (χ2n) is 4.85. The van der Waals surface area contributed by atoms with Crippen LogP contribution in [0.15, 0.2) is 47.8 Å². The van der Waals surface area contributed by atoms with Crippen LogP contribution < -0.4 is 11.3 Å². The van der Waals surface area contributed by atoms with Crippen LogP contribution in [-0.2, 0) is 6.42 Å². The number of benzene rings is 2. The monoisotopic (exact) mass is 304 g/mol. The quantitative estimate of drug-likeness (QED) is 0.566. The number of rotatable bonds is 4. The fourth-order valence-electron chi connectivity index (χ4n) is 2.43. The first-order chi connectivity index (χ1) is 10.2. The molecule has 1 aromatic heterocycles. The van der Waals surface area contributed by atoms with E-state index >= 15 is 0 Å². The van der Waals surface area contributed by atoms with Gasteiger partial charge in [0.1, 0.15) is 11.6 Å². The molecule has 21 heavy (non-hydrogen) atoms. The van der Waals surface area contributed by atoms with Crippen molar-refractivity contribution in [3.63, 3.8) is 0 Å². The first kappa shape index (κ1) is 14.1. The van der Waals surface area contributed by atoms with Crippen LogP contribution >= 0.6 is 11.3 Å². The highest BCUT2D eigenvalue weighted by Crippen LogP contribution is 2.31. The van der Waals surface area contributed by atoms with E-state index in [0.29, 0.717) is 12.0 Å². The van der Waals surface area contributed by atoms with Crippen molar-refractivity contribution in [1.29, 1.82) is 0 Å². The van der Waals surface area contributed by atoms with Crippen molar-refractivity contribution in [1.82, 2.24) is 5.43 Å². The molecule has 0 fully saturated rings. The third kappa shape index (κ3) is 2.81. The summed E-state index contributed by atoms with van der Waals surface area (Å²) in [5.74, 6) is 4.52. The second kappa shape index (κ2) is 5.89. The van der Waals surface area contributed by atoms with Gasteiger partial charge in [-0.25, -0.2) is 8.78 Å². The molecule has 1 heterocycles. The van der Waals surface area contributed by atoms with Crippen molar-refractivity contribution in [3.8, 4) is 0 Å². The number of hydrogen-bond acceptors (Lipinski definition) is 3. The van der Waals surface area contributed by atoms with Crippen molar-refractivity contribution in [2.45, 2.75) is 12.5 Å². The van der Waals surface area contributed by atoms with Gasteiger partial charge in [-0.3, -0.25) is 11.3 Å². The van der Waals surface area contributed by atoms with Crippen LogP contribution in [0.4, 0.5) is 8.78 Å². The van der Waals surface area contributed by atoms with Crippen molar-refractivity contribution in [2.24, 2.45) is 5.84 Å². The van der Waals surface area contributed by atoms with E-state index < -0.39 is 11.6 Å². The molecule has 3 rings (SSSR count). The lowest BCUT2D eigenvalue weighted by molar-refractivity contribution is 0.525. The zero-order valence-electron chi connectivity index (χ0n) is 11.1. The molecule has 2 aromatic carbocycles. The molecule has 0 aliphatic carbocycles. The summed E-state index contributed by atoms with van der Waals surface area (Å²) in [5.41, 5.74) is 4.20. The largest absolute Gasteiger partial charge is 0.271 e. The molecule has 1 atom stereocenters. The molecule has 0 saturated heterocycles. The topological polar surface area (TPSA) is 38.0 Å². The third-order valence-electron chi connectivity index (χ3n) is 3.53. The Morgan fingerprint density at radius 3 is 2.71 bits per heavy atom. The predicted molar refractivity (Wildman–Crippen MR) is 82.0 cm³/mol.